The maximum Gasteiger partial charge on any atom is 0.376 e. The van der Waals surface area contributed by atoms with Crippen molar-refractivity contribution in [3.8, 4) is 0 Å². The van der Waals surface area contributed by atoms with Crippen LogP contribution < -0.4 is 5.32 Å². The monoisotopic (exact) mass is 261 g/mol. The van der Waals surface area contributed by atoms with Gasteiger partial charge in [-0.25, -0.2) is 4.79 Å². The first-order chi connectivity index (χ1) is 9.13. The lowest BCUT2D eigenvalue weighted by atomic mass is 10.2. The maximum absolute atomic E-state index is 11.4. The van der Waals surface area contributed by atoms with Gasteiger partial charge in [-0.05, 0) is 18.6 Å². The second-order valence-electron chi connectivity index (χ2n) is 3.61. The minimum atomic E-state index is -0.935. The van der Waals surface area contributed by atoms with Gasteiger partial charge in [0.15, 0.2) is 0 Å². The van der Waals surface area contributed by atoms with E-state index < -0.39 is 17.7 Å². The van der Waals surface area contributed by atoms with E-state index in [-0.39, 0.29) is 13.2 Å². The highest BCUT2D eigenvalue weighted by Crippen LogP contribution is 2.00. The molecule has 5 nitrogen and oxygen atoms in total. The first kappa shape index (κ1) is 14.6. The van der Waals surface area contributed by atoms with Gasteiger partial charge in [0.1, 0.15) is 0 Å². The summed E-state index contributed by atoms with van der Waals surface area (Å²) in [7, 11) is 0. The van der Waals surface area contributed by atoms with Crippen molar-refractivity contribution >= 4 is 23.7 Å². The highest BCUT2D eigenvalue weighted by molar-refractivity contribution is 6.34. The fraction of sp³-hybridized carbons (Fsp3) is 0.214. The van der Waals surface area contributed by atoms with Crippen molar-refractivity contribution in [2.75, 3.05) is 13.2 Å². The van der Waals surface area contributed by atoms with E-state index in [2.05, 4.69) is 10.1 Å². The Labute approximate surface area is 111 Å². The van der Waals surface area contributed by atoms with Gasteiger partial charge in [-0.2, -0.15) is 0 Å². The summed E-state index contributed by atoms with van der Waals surface area (Å²) in [4.78, 5) is 33.6. The zero-order chi connectivity index (χ0) is 14.1. The molecule has 1 aromatic carbocycles. The number of nitrogens with one attached hydrogen (secondary N) is 1. The fourth-order valence-electron chi connectivity index (χ4n) is 1.25. The van der Waals surface area contributed by atoms with Crippen molar-refractivity contribution in [3.05, 3.63) is 42.0 Å². The Hall–Kier alpha value is -2.43. The number of hydrogen-bond donors (Lipinski definition) is 1. The SMILES string of the molecule is CCOC(=O)C(=O)CNC(=O)/C=C/c1ccccc1. The van der Waals surface area contributed by atoms with Crippen molar-refractivity contribution in [2.45, 2.75) is 6.92 Å². The van der Waals surface area contributed by atoms with Gasteiger partial charge < -0.3 is 10.1 Å². The predicted octanol–water partition coefficient (Wildman–Crippen LogP) is 0.948. The molecule has 1 aromatic rings. The van der Waals surface area contributed by atoms with Crippen molar-refractivity contribution in [1.82, 2.24) is 5.32 Å². The minimum absolute atomic E-state index is 0.131. The molecule has 0 fully saturated rings. The number of esters is 1. The molecule has 1 N–H and O–H groups in total. The predicted molar refractivity (Wildman–Crippen MR) is 70.1 cm³/mol. The van der Waals surface area contributed by atoms with Gasteiger partial charge in [-0.15, -0.1) is 0 Å². The van der Waals surface area contributed by atoms with Crippen LogP contribution >= 0.6 is 0 Å². The second-order valence-corrected chi connectivity index (χ2v) is 3.61. The quantitative estimate of drug-likeness (QED) is 0.470. The Morgan fingerprint density at radius 2 is 1.89 bits per heavy atom. The summed E-state index contributed by atoms with van der Waals surface area (Å²) in [6, 6.07) is 9.25. The lowest BCUT2D eigenvalue weighted by molar-refractivity contribution is -0.153. The number of rotatable bonds is 6. The molecule has 0 aliphatic carbocycles. The summed E-state index contributed by atoms with van der Waals surface area (Å²) >= 11 is 0. The molecule has 0 aromatic heterocycles. The zero-order valence-electron chi connectivity index (χ0n) is 10.6. The number of amides is 1. The molecule has 0 saturated carbocycles. The molecule has 100 valence electrons. The van der Waals surface area contributed by atoms with Crippen LogP contribution in [0.2, 0.25) is 0 Å². The number of Topliss-reactive ketones (excluding diaryl/α,β-unsaturated/α-hetero) is 1. The summed E-state index contributed by atoms with van der Waals surface area (Å²) in [5, 5.41) is 2.32. The van der Waals surface area contributed by atoms with E-state index in [4.69, 9.17) is 0 Å². The molecule has 19 heavy (non-hydrogen) atoms. The Morgan fingerprint density at radius 3 is 2.53 bits per heavy atom. The smallest absolute Gasteiger partial charge is 0.376 e. The molecule has 0 aliphatic rings. The molecular weight excluding hydrogens is 246 g/mol. The Morgan fingerprint density at radius 1 is 1.21 bits per heavy atom. The number of carbonyl (C=O) groups is 3. The van der Waals surface area contributed by atoms with Gasteiger partial charge in [-0.3, -0.25) is 9.59 Å². The van der Waals surface area contributed by atoms with Crippen molar-refractivity contribution < 1.29 is 19.1 Å². The van der Waals surface area contributed by atoms with E-state index in [1.165, 1.54) is 6.08 Å². The number of ketones is 1. The van der Waals surface area contributed by atoms with Crippen molar-refractivity contribution in [2.24, 2.45) is 0 Å². The first-order valence-corrected chi connectivity index (χ1v) is 5.84. The first-order valence-electron chi connectivity index (χ1n) is 5.84. The molecule has 0 bridgehead atoms. The highest BCUT2D eigenvalue weighted by atomic mass is 16.5. The lowest BCUT2D eigenvalue weighted by Gasteiger charge is -2.01. The van der Waals surface area contributed by atoms with Crippen LogP contribution in [0.5, 0.6) is 0 Å². The summed E-state index contributed by atoms with van der Waals surface area (Å²) in [5.74, 6) is -2.15. The van der Waals surface area contributed by atoms with Crippen LogP contribution in [0.25, 0.3) is 6.08 Å². The molecule has 0 heterocycles. The second kappa shape index (κ2) is 7.81. The van der Waals surface area contributed by atoms with Gasteiger partial charge in [0.25, 0.3) is 5.78 Å². The molecule has 0 spiro atoms. The van der Waals surface area contributed by atoms with Gasteiger partial charge in [-0.1, -0.05) is 30.3 Å². The third kappa shape index (κ3) is 5.63. The van der Waals surface area contributed by atoms with Crippen molar-refractivity contribution in [1.29, 1.82) is 0 Å². The molecule has 0 radical (unpaired) electrons. The molecule has 5 heteroatoms. The molecule has 0 saturated heterocycles. The van der Waals surface area contributed by atoms with E-state index in [1.807, 2.05) is 30.3 Å². The lowest BCUT2D eigenvalue weighted by Crippen LogP contribution is -2.33. The molecule has 0 aliphatic heterocycles. The van der Waals surface area contributed by atoms with Crippen LogP contribution in [0.1, 0.15) is 12.5 Å². The fourth-order valence-corrected chi connectivity index (χ4v) is 1.25. The molecular formula is C14H15NO4. The third-order valence-electron chi connectivity index (χ3n) is 2.15. The average molecular weight is 261 g/mol. The Kier molecular flexibility index (Phi) is 6.02. The minimum Gasteiger partial charge on any atom is -0.460 e. The highest BCUT2D eigenvalue weighted by Gasteiger charge is 2.14. The van der Waals surface area contributed by atoms with Crippen LogP contribution in [0.3, 0.4) is 0 Å². The van der Waals surface area contributed by atoms with E-state index >= 15 is 0 Å². The number of carbonyl (C=O) groups excluding carboxylic acids is 3. The van der Waals surface area contributed by atoms with E-state index in [1.54, 1.807) is 13.0 Å². The van der Waals surface area contributed by atoms with E-state index in [0.717, 1.165) is 5.56 Å². The normalized spacial score (nSPS) is 10.2. The standard InChI is InChI=1S/C14H15NO4/c1-2-19-14(18)12(16)10-15-13(17)9-8-11-6-4-3-5-7-11/h3-9H,2,10H2,1H3,(H,15,17)/b9-8+. The Bertz CT molecular complexity index is 479. The summed E-state index contributed by atoms with van der Waals surface area (Å²) in [5.41, 5.74) is 0.870. The van der Waals surface area contributed by atoms with Crippen LogP contribution in [-0.2, 0) is 19.1 Å². The average Bonchev–Trinajstić information content (AvgIpc) is 2.43. The molecule has 1 amide bonds. The van der Waals surface area contributed by atoms with Crippen LogP contribution in [0.15, 0.2) is 36.4 Å². The van der Waals surface area contributed by atoms with Crippen molar-refractivity contribution in [3.63, 3.8) is 0 Å². The van der Waals surface area contributed by atoms with Crippen LogP contribution in [-0.4, -0.2) is 30.8 Å². The van der Waals surface area contributed by atoms with Gasteiger partial charge in [0, 0.05) is 6.08 Å². The third-order valence-corrected chi connectivity index (χ3v) is 2.15. The van der Waals surface area contributed by atoms with Gasteiger partial charge >= 0.3 is 5.97 Å². The van der Waals surface area contributed by atoms with E-state index in [9.17, 15) is 14.4 Å². The largest absolute Gasteiger partial charge is 0.460 e. The Balaban J connectivity index is 2.38. The van der Waals surface area contributed by atoms with Gasteiger partial charge in [0.2, 0.25) is 5.91 Å². The molecule has 0 atom stereocenters. The molecule has 0 unspecified atom stereocenters. The van der Waals surface area contributed by atoms with Crippen LogP contribution in [0.4, 0.5) is 0 Å². The summed E-state index contributed by atoms with van der Waals surface area (Å²) in [6.07, 6.45) is 2.91. The topological polar surface area (TPSA) is 72.5 Å². The van der Waals surface area contributed by atoms with Gasteiger partial charge in [0.05, 0.1) is 13.2 Å². The van der Waals surface area contributed by atoms with Crippen LogP contribution in [0, 0.1) is 0 Å². The summed E-state index contributed by atoms with van der Waals surface area (Å²) < 4.78 is 4.51. The maximum atomic E-state index is 11.4. The number of hydrogen-bond acceptors (Lipinski definition) is 4. The zero-order valence-corrected chi connectivity index (χ0v) is 10.6. The number of ether oxygens (including phenoxy) is 1. The summed E-state index contributed by atoms with van der Waals surface area (Å²) in [6.45, 7) is 1.37. The molecule has 1 rings (SSSR count). The van der Waals surface area contributed by atoms with E-state index in [0.29, 0.717) is 0 Å². The number of benzene rings is 1.